The Morgan fingerprint density at radius 1 is 1.00 bits per heavy atom. The first kappa shape index (κ1) is 20.1. The molecule has 0 fully saturated rings. The van der Waals surface area contributed by atoms with Crippen molar-refractivity contribution in [2.75, 3.05) is 14.1 Å². The molecule has 5 nitrogen and oxygen atoms in total. The van der Waals surface area contributed by atoms with Gasteiger partial charge in [0.25, 0.3) is 5.91 Å². The molecule has 1 N–H and O–H groups in total. The summed E-state index contributed by atoms with van der Waals surface area (Å²) >= 11 is 0. The van der Waals surface area contributed by atoms with Crippen molar-refractivity contribution in [3.05, 3.63) is 64.2 Å². The van der Waals surface area contributed by atoms with Crippen molar-refractivity contribution in [1.82, 2.24) is 9.62 Å². The lowest BCUT2D eigenvalue weighted by molar-refractivity contribution is 0.0939. The second-order valence-corrected chi connectivity index (χ2v) is 8.96. The standard InChI is InChI=1S/C20H26N2O3S/c1-13-10-15(3)19(11-14(13)2)16(4)21-20(23)17-8-7-9-18(12-17)26(24,25)22(5)6/h7-12,16H,1-6H3,(H,21,23)/t16-/m0/s1. The largest absolute Gasteiger partial charge is 0.346 e. The van der Waals surface area contributed by atoms with E-state index in [9.17, 15) is 13.2 Å². The molecule has 140 valence electrons. The maximum absolute atomic E-state index is 12.6. The molecule has 26 heavy (non-hydrogen) atoms. The number of carbonyl (C=O) groups is 1. The maximum atomic E-state index is 12.6. The number of nitrogens with zero attached hydrogens (tertiary/aromatic N) is 1. The molecule has 0 spiro atoms. The van der Waals surface area contributed by atoms with Gasteiger partial charge >= 0.3 is 0 Å². The van der Waals surface area contributed by atoms with E-state index in [-0.39, 0.29) is 16.8 Å². The van der Waals surface area contributed by atoms with Gasteiger partial charge in [0.15, 0.2) is 0 Å². The van der Waals surface area contributed by atoms with Crippen LogP contribution < -0.4 is 5.32 Å². The molecule has 0 heterocycles. The van der Waals surface area contributed by atoms with E-state index < -0.39 is 10.0 Å². The molecule has 0 saturated carbocycles. The van der Waals surface area contributed by atoms with Gasteiger partial charge in [-0.1, -0.05) is 18.2 Å². The summed E-state index contributed by atoms with van der Waals surface area (Å²) in [6.45, 7) is 8.05. The van der Waals surface area contributed by atoms with Crippen molar-refractivity contribution in [1.29, 1.82) is 0 Å². The summed E-state index contributed by atoms with van der Waals surface area (Å²) in [4.78, 5) is 12.7. The number of hydrogen-bond acceptors (Lipinski definition) is 3. The summed E-state index contributed by atoms with van der Waals surface area (Å²) in [5, 5.41) is 2.96. The molecule has 1 atom stereocenters. The normalized spacial score (nSPS) is 12.9. The first-order valence-corrected chi connectivity index (χ1v) is 9.89. The quantitative estimate of drug-likeness (QED) is 0.873. The molecule has 0 aliphatic rings. The molecule has 2 rings (SSSR count). The van der Waals surface area contributed by atoms with E-state index in [2.05, 4.69) is 24.4 Å². The number of carbonyl (C=O) groups excluding carboxylic acids is 1. The minimum Gasteiger partial charge on any atom is -0.346 e. The Balaban J connectivity index is 2.27. The van der Waals surface area contributed by atoms with Crippen LogP contribution in [0.25, 0.3) is 0 Å². The molecule has 1 amide bonds. The van der Waals surface area contributed by atoms with E-state index in [0.717, 1.165) is 15.4 Å². The van der Waals surface area contributed by atoms with Crippen molar-refractivity contribution in [3.63, 3.8) is 0 Å². The lowest BCUT2D eigenvalue weighted by atomic mass is 9.96. The Morgan fingerprint density at radius 2 is 1.62 bits per heavy atom. The highest BCUT2D eigenvalue weighted by atomic mass is 32.2. The third-order valence-corrected chi connectivity index (χ3v) is 6.38. The fraction of sp³-hybridized carbons (Fsp3) is 0.350. The third kappa shape index (κ3) is 4.14. The Morgan fingerprint density at radius 3 is 2.23 bits per heavy atom. The van der Waals surface area contributed by atoms with Crippen LogP contribution in [0.5, 0.6) is 0 Å². The summed E-state index contributed by atoms with van der Waals surface area (Å²) < 4.78 is 25.6. The molecular weight excluding hydrogens is 348 g/mol. The van der Waals surface area contributed by atoms with Crippen LogP contribution in [0, 0.1) is 20.8 Å². The topological polar surface area (TPSA) is 66.5 Å². The molecule has 0 aromatic heterocycles. The van der Waals surface area contributed by atoms with Gasteiger partial charge in [-0.25, -0.2) is 12.7 Å². The number of sulfonamides is 1. The number of aryl methyl sites for hydroxylation is 3. The van der Waals surface area contributed by atoms with Crippen LogP contribution in [0.15, 0.2) is 41.3 Å². The molecule has 0 aliphatic carbocycles. The number of benzene rings is 2. The minimum atomic E-state index is -3.58. The summed E-state index contributed by atoms with van der Waals surface area (Å²) in [7, 11) is -0.647. The monoisotopic (exact) mass is 374 g/mol. The van der Waals surface area contributed by atoms with Gasteiger partial charge in [0.2, 0.25) is 10.0 Å². The van der Waals surface area contributed by atoms with Crippen LogP contribution in [0.3, 0.4) is 0 Å². The van der Waals surface area contributed by atoms with Gasteiger partial charge in [-0.3, -0.25) is 4.79 Å². The number of amides is 1. The van der Waals surface area contributed by atoms with Gasteiger partial charge < -0.3 is 5.32 Å². The predicted molar refractivity (Wildman–Crippen MR) is 104 cm³/mol. The third-order valence-electron chi connectivity index (χ3n) is 4.57. The molecule has 0 saturated heterocycles. The lowest BCUT2D eigenvalue weighted by Gasteiger charge is -2.19. The molecule has 0 radical (unpaired) electrons. The van der Waals surface area contributed by atoms with Crippen LogP contribution in [0.1, 0.15) is 45.6 Å². The zero-order chi connectivity index (χ0) is 19.6. The van der Waals surface area contributed by atoms with Crippen molar-refractivity contribution in [2.24, 2.45) is 0 Å². The minimum absolute atomic E-state index is 0.102. The van der Waals surface area contributed by atoms with E-state index in [1.807, 2.05) is 20.8 Å². The van der Waals surface area contributed by atoms with Gasteiger partial charge in [0.05, 0.1) is 10.9 Å². The van der Waals surface area contributed by atoms with Gasteiger partial charge in [0.1, 0.15) is 0 Å². The summed E-state index contributed by atoms with van der Waals surface area (Å²) in [6.07, 6.45) is 0. The van der Waals surface area contributed by atoms with E-state index >= 15 is 0 Å². The predicted octanol–water partition coefficient (Wildman–Crippen LogP) is 3.35. The highest BCUT2D eigenvalue weighted by molar-refractivity contribution is 7.89. The van der Waals surface area contributed by atoms with Crippen molar-refractivity contribution < 1.29 is 13.2 Å². The SMILES string of the molecule is Cc1cc(C)c([C@H](C)NC(=O)c2cccc(S(=O)(=O)N(C)C)c2)cc1C. The van der Waals surface area contributed by atoms with E-state index in [4.69, 9.17) is 0 Å². The first-order chi connectivity index (χ1) is 12.0. The Labute approximate surface area is 156 Å². The molecule has 2 aromatic rings. The second-order valence-electron chi connectivity index (χ2n) is 6.80. The summed E-state index contributed by atoms with van der Waals surface area (Å²) in [5.41, 5.74) is 4.88. The van der Waals surface area contributed by atoms with Crippen LogP contribution >= 0.6 is 0 Å². The van der Waals surface area contributed by atoms with Gasteiger partial charge in [-0.15, -0.1) is 0 Å². The average molecular weight is 375 g/mol. The maximum Gasteiger partial charge on any atom is 0.251 e. The zero-order valence-electron chi connectivity index (χ0n) is 16.1. The highest BCUT2D eigenvalue weighted by Crippen LogP contribution is 2.22. The summed E-state index contributed by atoms with van der Waals surface area (Å²) in [5.74, 6) is -0.300. The second kappa shape index (κ2) is 7.60. The number of rotatable bonds is 5. The fourth-order valence-electron chi connectivity index (χ4n) is 2.82. The van der Waals surface area contributed by atoms with E-state index in [1.165, 1.54) is 37.4 Å². The first-order valence-electron chi connectivity index (χ1n) is 8.45. The van der Waals surface area contributed by atoms with Crippen molar-refractivity contribution in [2.45, 2.75) is 38.6 Å². The van der Waals surface area contributed by atoms with Crippen LogP contribution in [0.4, 0.5) is 0 Å². The van der Waals surface area contributed by atoms with Crippen LogP contribution in [0.2, 0.25) is 0 Å². The fourth-order valence-corrected chi connectivity index (χ4v) is 3.76. The zero-order valence-corrected chi connectivity index (χ0v) is 16.9. The molecule has 0 bridgehead atoms. The van der Waals surface area contributed by atoms with Crippen molar-refractivity contribution >= 4 is 15.9 Å². The molecule has 6 heteroatoms. The Kier molecular flexibility index (Phi) is 5.88. The molecule has 0 aliphatic heterocycles. The summed E-state index contributed by atoms with van der Waals surface area (Å²) in [6, 6.07) is 10.1. The van der Waals surface area contributed by atoms with Gasteiger partial charge in [-0.2, -0.15) is 0 Å². The average Bonchev–Trinajstić information content (AvgIpc) is 2.57. The number of nitrogens with one attached hydrogen (secondary N) is 1. The molecule has 0 unspecified atom stereocenters. The Hall–Kier alpha value is -2.18. The van der Waals surface area contributed by atoms with Gasteiger partial charge in [0, 0.05) is 19.7 Å². The van der Waals surface area contributed by atoms with Crippen molar-refractivity contribution in [3.8, 4) is 0 Å². The molecule has 2 aromatic carbocycles. The van der Waals surface area contributed by atoms with E-state index in [1.54, 1.807) is 12.1 Å². The lowest BCUT2D eigenvalue weighted by Crippen LogP contribution is -2.28. The molecular formula is C20H26N2O3S. The number of hydrogen-bond donors (Lipinski definition) is 1. The van der Waals surface area contributed by atoms with Gasteiger partial charge in [-0.05, 0) is 68.1 Å². The highest BCUT2D eigenvalue weighted by Gasteiger charge is 2.20. The smallest absolute Gasteiger partial charge is 0.251 e. The van der Waals surface area contributed by atoms with Crippen LogP contribution in [-0.4, -0.2) is 32.7 Å². The van der Waals surface area contributed by atoms with Crippen LogP contribution in [-0.2, 0) is 10.0 Å². The van der Waals surface area contributed by atoms with E-state index in [0.29, 0.717) is 5.56 Å². The Bertz CT molecular complexity index is 934.